The zero-order valence-electron chi connectivity index (χ0n) is 8.40. The summed E-state index contributed by atoms with van der Waals surface area (Å²) in [6.07, 6.45) is 4.43. The summed E-state index contributed by atoms with van der Waals surface area (Å²) < 4.78 is 0. The van der Waals surface area contributed by atoms with Crippen LogP contribution in [0.25, 0.3) is 0 Å². The van der Waals surface area contributed by atoms with Crippen LogP contribution in [0.2, 0.25) is 0 Å². The van der Waals surface area contributed by atoms with Gasteiger partial charge in [-0.2, -0.15) is 0 Å². The first-order valence-electron chi connectivity index (χ1n) is 4.91. The lowest BCUT2D eigenvalue weighted by Gasteiger charge is -2.15. The molecule has 4 heteroatoms. The van der Waals surface area contributed by atoms with Gasteiger partial charge in [0.2, 0.25) is 0 Å². The normalized spacial score (nSPS) is 15.9. The van der Waals surface area contributed by atoms with E-state index in [9.17, 15) is 0 Å². The van der Waals surface area contributed by atoms with E-state index >= 15 is 0 Å². The molecule has 1 heterocycles. The summed E-state index contributed by atoms with van der Waals surface area (Å²) in [4.78, 5) is 6.64. The molecule has 0 unspecified atom stereocenters. The number of aromatic nitrogens is 1. The van der Waals surface area contributed by atoms with Gasteiger partial charge in [0.15, 0.2) is 0 Å². The maximum absolute atomic E-state index is 5.33. The van der Waals surface area contributed by atoms with Crippen LogP contribution in [0.5, 0.6) is 0 Å². The Bertz CT molecular complexity index is 309. The molecule has 1 fully saturated rings. The number of hydrogen-bond acceptors (Lipinski definition) is 4. The Morgan fingerprint density at radius 2 is 2.43 bits per heavy atom. The predicted molar refractivity (Wildman–Crippen MR) is 56.5 cm³/mol. The molecule has 0 spiro atoms. The number of anilines is 1. The summed E-state index contributed by atoms with van der Waals surface area (Å²) in [5.41, 5.74) is 4.61. The fourth-order valence-electron chi connectivity index (χ4n) is 1.55. The van der Waals surface area contributed by atoms with Crippen molar-refractivity contribution in [1.29, 1.82) is 0 Å². The van der Waals surface area contributed by atoms with E-state index in [1.165, 1.54) is 12.8 Å². The highest BCUT2D eigenvalue weighted by Crippen LogP contribution is 2.26. The minimum Gasteiger partial charge on any atom is -0.324 e. The second-order valence-corrected chi connectivity index (χ2v) is 3.83. The maximum Gasteiger partial charge on any atom is 0.0564 e. The van der Waals surface area contributed by atoms with Crippen molar-refractivity contribution < 1.29 is 0 Å². The van der Waals surface area contributed by atoms with Gasteiger partial charge in [-0.25, -0.2) is 0 Å². The lowest BCUT2D eigenvalue weighted by Crippen LogP contribution is -2.20. The molecule has 1 aliphatic carbocycles. The van der Waals surface area contributed by atoms with Crippen molar-refractivity contribution in [2.75, 3.05) is 12.5 Å². The van der Waals surface area contributed by atoms with Gasteiger partial charge in [0.25, 0.3) is 0 Å². The molecule has 1 aromatic rings. The van der Waals surface area contributed by atoms with Gasteiger partial charge in [-0.3, -0.25) is 15.7 Å². The van der Waals surface area contributed by atoms with Crippen molar-refractivity contribution in [2.24, 2.45) is 5.84 Å². The van der Waals surface area contributed by atoms with Crippen molar-refractivity contribution in [3.05, 3.63) is 24.0 Å². The minimum atomic E-state index is 0.770. The molecule has 14 heavy (non-hydrogen) atoms. The molecule has 1 saturated carbocycles. The molecule has 1 aromatic heterocycles. The maximum atomic E-state index is 5.33. The third-order valence-corrected chi connectivity index (χ3v) is 2.56. The second-order valence-electron chi connectivity index (χ2n) is 3.83. The van der Waals surface area contributed by atoms with Crippen molar-refractivity contribution >= 4 is 5.69 Å². The van der Waals surface area contributed by atoms with Gasteiger partial charge in [-0.1, -0.05) is 0 Å². The summed E-state index contributed by atoms with van der Waals surface area (Å²) in [6.45, 7) is 0.903. The molecule has 4 nitrogen and oxygen atoms in total. The Labute approximate surface area is 84.1 Å². The lowest BCUT2D eigenvalue weighted by molar-refractivity contribution is 0.312. The van der Waals surface area contributed by atoms with E-state index in [0.717, 1.165) is 24.0 Å². The smallest absolute Gasteiger partial charge is 0.0564 e. The Kier molecular flexibility index (Phi) is 2.65. The molecule has 3 N–H and O–H groups in total. The third kappa shape index (κ3) is 2.21. The van der Waals surface area contributed by atoms with Gasteiger partial charge in [-0.15, -0.1) is 0 Å². The molecule has 0 aromatic carbocycles. The van der Waals surface area contributed by atoms with Crippen LogP contribution in [0.3, 0.4) is 0 Å². The summed E-state index contributed by atoms with van der Waals surface area (Å²) in [5.74, 6) is 5.33. The molecule has 0 atom stereocenters. The Balaban J connectivity index is 2.00. The highest BCUT2D eigenvalue weighted by atomic mass is 15.2. The van der Waals surface area contributed by atoms with Crippen LogP contribution in [-0.2, 0) is 6.54 Å². The van der Waals surface area contributed by atoms with Crippen LogP contribution in [0.4, 0.5) is 5.69 Å². The first kappa shape index (κ1) is 9.43. The Morgan fingerprint density at radius 1 is 1.64 bits per heavy atom. The molecule has 0 radical (unpaired) electrons. The fourth-order valence-corrected chi connectivity index (χ4v) is 1.55. The van der Waals surface area contributed by atoms with Gasteiger partial charge in [0.05, 0.1) is 11.4 Å². The number of pyridine rings is 1. The van der Waals surface area contributed by atoms with E-state index < -0.39 is 0 Å². The number of nitrogens with one attached hydrogen (secondary N) is 1. The third-order valence-electron chi connectivity index (χ3n) is 2.56. The Hall–Kier alpha value is -1.13. The van der Waals surface area contributed by atoms with E-state index in [1.54, 1.807) is 6.20 Å². The van der Waals surface area contributed by atoms with Crippen LogP contribution >= 0.6 is 0 Å². The van der Waals surface area contributed by atoms with E-state index in [0.29, 0.717) is 0 Å². The van der Waals surface area contributed by atoms with E-state index in [-0.39, 0.29) is 0 Å². The molecule has 0 saturated heterocycles. The zero-order chi connectivity index (χ0) is 9.97. The van der Waals surface area contributed by atoms with E-state index in [4.69, 9.17) is 5.84 Å². The van der Waals surface area contributed by atoms with Gasteiger partial charge in [0, 0.05) is 18.8 Å². The monoisotopic (exact) mass is 192 g/mol. The van der Waals surface area contributed by atoms with Gasteiger partial charge < -0.3 is 5.43 Å². The summed E-state index contributed by atoms with van der Waals surface area (Å²) >= 11 is 0. The number of hydrogen-bond donors (Lipinski definition) is 2. The van der Waals surface area contributed by atoms with E-state index in [1.807, 2.05) is 12.1 Å². The minimum absolute atomic E-state index is 0.770. The molecule has 1 aliphatic rings. The molecule has 0 aliphatic heterocycles. The molecular weight excluding hydrogens is 176 g/mol. The number of nitrogen functional groups attached to an aromatic ring is 1. The van der Waals surface area contributed by atoms with E-state index in [2.05, 4.69) is 22.4 Å². The van der Waals surface area contributed by atoms with Crippen LogP contribution in [0.1, 0.15) is 18.5 Å². The quantitative estimate of drug-likeness (QED) is 0.551. The van der Waals surface area contributed by atoms with Gasteiger partial charge in [0.1, 0.15) is 0 Å². The predicted octanol–water partition coefficient (Wildman–Crippen LogP) is 0.961. The average molecular weight is 192 g/mol. The van der Waals surface area contributed by atoms with Crippen LogP contribution < -0.4 is 11.3 Å². The number of nitrogens with zero attached hydrogens (tertiary/aromatic N) is 2. The van der Waals surface area contributed by atoms with Crippen LogP contribution in [-0.4, -0.2) is 23.0 Å². The van der Waals surface area contributed by atoms with Gasteiger partial charge in [-0.05, 0) is 32.0 Å². The van der Waals surface area contributed by atoms with Crippen LogP contribution in [0.15, 0.2) is 18.3 Å². The van der Waals surface area contributed by atoms with Crippen molar-refractivity contribution in [2.45, 2.75) is 25.4 Å². The molecule has 0 bridgehead atoms. The first-order chi connectivity index (χ1) is 6.79. The summed E-state index contributed by atoms with van der Waals surface area (Å²) in [6, 6.07) is 4.62. The molecule has 76 valence electrons. The van der Waals surface area contributed by atoms with Crippen molar-refractivity contribution in [3.8, 4) is 0 Å². The average Bonchev–Trinajstić information content (AvgIpc) is 3.01. The number of hydrazine groups is 1. The van der Waals surface area contributed by atoms with Crippen molar-refractivity contribution in [1.82, 2.24) is 9.88 Å². The van der Waals surface area contributed by atoms with Gasteiger partial charge >= 0.3 is 0 Å². The summed E-state index contributed by atoms with van der Waals surface area (Å²) in [5, 5.41) is 0. The molecular formula is C10H16N4. The fraction of sp³-hybridized carbons (Fsp3) is 0.500. The van der Waals surface area contributed by atoms with Crippen LogP contribution in [0, 0.1) is 0 Å². The Morgan fingerprint density at radius 3 is 3.07 bits per heavy atom. The molecule has 0 amide bonds. The highest BCUT2D eigenvalue weighted by Gasteiger charge is 2.26. The number of nitrogens with two attached hydrogens (primary N) is 1. The zero-order valence-corrected chi connectivity index (χ0v) is 8.40. The topological polar surface area (TPSA) is 54.2 Å². The van der Waals surface area contributed by atoms with Crippen molar-refractivity contribution in [3.63, 3.8) is 0 Å². The number of rotatable bonds is 4. The SMILES string of the molecule is CN(Cc1cc(NN)ccn1)C1CC1. The second kappa shape index (κ2) is 3.94. The summed E-state index contributed by atoms with van der Waals surface area (Å²) in [7, 11) is 2.14. The largest absolute Gasteiger partial charge is 0.324 e. The lowest BCUT2D eigenvalue weighted by atomic mass is 10.3. The highest BCUT2D eigenvalue weighted by molar-refractivity contribution is 5.41. The standard InChI is InChI=1S/C10H16N4/c1-14(10-2-3-10)7-9-6-8(13-11)4-5-12-9/h4-6,10H,2-3,7,11H2,1H3,(H,12,13). The molecule has 2 rings (SSSR count). The first-order valence-corrected chi connectivity index (χ1v) is 4.91.